The molecule has 1 aliphatic carbocycles. The molecule has 140 valence electrons. The van der Waals surface area contributed by atoms with Crippen molar-refractivity contribution in [2.75, 3.05) is 11.4 Å². The number of aromatic nitrogens is 1. The highest BCUT2D eigenvalue weighted by molar-refractivity contribution is 6.22. The quantitative estimate of drug-likeness (QED) is 0.714. The number of Topliss-reactive ketones (excluding diaryl/α,β-unsaturated/α-hetero) is 2. The number of alkyl halides is 3. The van der Waals surface area contributed by atoms with Crippen LogP contribution in [0.3, 0.4) is 0 Å². The summed E-state index contributed by atoms with van der Waals surface area (Å²) in [5, 5.41) is 0. The Kier molecular flexibility index (Phi) is 3.87. The molecule has 4 atom stereocenters. The molecular weight excluding hydrogens is 353 g/mol. The highest BCUT2D eigenvalue weighted by atomic mass is 19.4. The van der Waals surface area contributed by atoms with E-state index in [-0.39, 0.29) is 18.8 Å². The maximum absolute atomic E-state index is 13.5. The van der Waals surface area contributed by atoms with Crippen LogP contribution in [0.5, 0.6) is 0 Å². The molecule has 2 aliphatic rings. The maximum Gasteiger partial charge on any atom is 0.453 e. The van der Waals surface area contributed by atoms with Gasteiger partial charge in [0.15, 0.2) is 5.78 Å². The van der Waals surface area contributed by atoms with Gasteiger partial charge in [0, 0.05) is 12.7 Å². The number of ketones is 2. The second-order valence-corrected chi connectivity index (χ2v) is 6.73. The first-order chi connectivity index (χ1) is 12.0. The van der Waals surface area contributed by atoms with E-state index >= 15 is 0 Å². The average molecular weight is 370 g/mol. The number of nitrogens with zero attached hydrogens (tertiary/aromatic N) is 2. The lowest BCUT2D eigenvalue weighted by Crippen LogP contribution is -2.71. The van der Waals surface area contributed by atoms with Gasteiger partial charge in [-0.15, -0.1) is 0 Å². The van der Waals surface area contributed by atoms with Crippen molar-refractivity contribution >= 4 is 23.3 Å². The van der Waals surface area contributed by atoms with E-state index in [9.17, 15) is 27.6 Å². The molecule has 3 unspecified atom stereocenters. The van der Waals surface area contributed by atoms with E-state index in [1.54, 1.807) is 0 Å². The fourth-order valence-electron chi connectivity index (χ4n) is 4.25. The molecule has 10 heteroatoms. The maximum atomic E-state index is 13.5. The van der Waals surface area contributed by atoms with Crippen LogP contribution in [-0.4, -0.2) is 46.8 Å². The molecular formula is C16H17F3N4O3. The standard InChI is InChI=1S/C16H17F3N4O3/c1-8(20)11(24)14-6-9(14)7-23(10-4-2-3-5-22-10)15(14,13(21)26)12(25)16(17,18)19/h2-5,8-9H,6-7,20H2,1H3,(H2,21,26)/t8-,9?,14?,15?/m0/s1. The summed E-state index contributed by atoms with van der Waals surface area (Å²) in [6.07, 6.45) is -4.12. The molecule has 7 nitrogen and oxygen atoms in total. The molecule has 2 heterocycles. The number of piperidine rings is 1. The van der Waals surface area contributed by atoms with E-state index in [4.69, 9.17) is 11.5 Å². The minimum absolute atomic E-state index is 0.0343. The molecule has 1 saturated carbocycles. The van der Waals surface area contributed by atoms with Crippen molar-refractivity contribution in [3.8, 4) is 0 Å². The Hall–Kier alpha value is -2.49. The molecule has 1 aromatic heterocycles. The van der Waals surface area contributed by atoms with E-state index in [0.717, 1.165) is 4.90 Å². The van der Waals surface area contributed by atoms with Crippen LogP contribution in [-0.2, 0) is 14.4 Å². The molecule has 3 rings (SSSR count). The van der Waals surface area contributed by atoms with Gasteiger partial charge >= 0.3 is 6.18 Å². The van der Waals surface area contributed by atoms with Gasteiger partial charge in [0.2, 0.25) is 5.54 Å². The highest BCUT2D eigenvalue weighted by Gasteiger charge is 2.85. The van der Waals surface area contributed by atoms with Crippen molar-refractivity contribution in [1.82, 2.24) is 4.98 Å². The Bertz CT molecular complexity index is 783. The zero-order chi connectivity index (χ0) is 19.5. The third-order valence-electron chi connectivity index (χ3n) is 5.28. The number of hydrogen-bond donors (Lipinski definition) is 2. The predicted molar refractivity (Wildman–Crippen MR) is 83.8 cm³/mol. The van der Waals surface area contributed by atoms with Crippen LogP contribution in [0, 0.1) is 11.3 Å². The summed E-state index contributed by atoms with van der Waals surface area (Å²) in [5.74, 6) is -5.34. The number of fused-ring (bicyclic) bond motifs is 1. The first kappa shape index (κ1) is 18.3. The summed E-state index contributed by atoms with van der Waals surface area (Å²) in [7, 11) is 0. The van der Waals surface area contributed by atoms with Crippen LogP contribution < -0.4 is 16.4 Å². The Labute approximate surface area is 146 Å². The molecule has 0 spiro atoms. The molecule has 0 bridgehead atoms. The van der Waals surface area contributed by atoms with Gasteiger partial charge in [0.05, 0.1) is 11.5 Å². The largest absolute Gasteiger partial charge is 0.453 e. The summed E-state index contributed by atoms with van der Waals surface area (Å²) in [4.78, 5) is 42.5. The number of hydrogen-bond acceptors (Lipinski definition) is 6. The lowest BCUT2D eigenvalue weighted by Gasteiger charge is -2.42. The Balaban J connectivity index is 2.28. The van der Waals surface area contributed by atoms with Gasteiger partial charge in [0.1, 0.15) is 5.82 Å². The fourth-order valence-corrected chi connectivity index (χ4v) is 4.25. The van der Waals surface area contributed by atoms with Gasteiger partial charge in [-0.1, -0.05) is 6.07 Å². The number of primary amides is 1. The second-order valence-electron chi connectivity index (χ2n) is 6.73. The third kappa shape index (κ3) is 2.11. The zero-order valence-electron chi connectivity index (χ0n) is 13.8. The lowest BCUT2D eigenvalue weighted by atomic mass is 9.72. The van der Waals surface area contributed by atoms with E-state index in [1.807, 2.05) is 0 Å². The van der Waals surface area contributed by atoms with Crippen molar-refractivity contribution in [3.05, 3.63) is 24.4 Å². The van der Waals surface area contributed by atoms with E-state index in [2.05, 4.69) is 4.98 Å². The lowest BCUT2D eigenvalue weighted by molar-refractivity contribution is -0.181. The molecule has 26 heavy (non-hydrogen) atoms. The monoisotopic (exact) mass is 370 g/mol. The van der Waals surface area contributed by atoms with Gasteiger partial charge in [-0.3, -0.25) is 14.4 Å². The SMILES string of the molecule is C[C@H](N)C(=O)C12CC1CN(c1ccccn1)C2(C(N)=O)C(=O)C(F)(F)F. The Morgan fingerprint density at radius 1 is 1.35 bits per heavy atom. The molecule has 0 aromatic carbocycles. The van der Waals surface area contributed by atoms with Crippen molar-refractivity contribution in [2.45, 2.75) is 31.1 Å². The normalized spacial score (nSPS) is 31.3. The van der Waals surface area contributed by atoms with Crippen LogP contribution in [0.1, 0.15) is 13.3 Å². The summed E-state index contributed by atoms with van der Waals surface area (Å²) < 4.78 is 40.4. The molecule has 1 amide bonds. The fraction of sp³-hybridized carbons (Fsp3) is 0.500. The van der Waals surface area contributed by atoms with Crippen LogP contribution in [0.15, 0.2) is 24.4 Å². The number of rotatable bonds is 5. The number of pyridine rings is 1. The van der Waals surface area contributed by atoms with Crippen LogP contribution in [0.4, 0.5) is 19.0 Å². The minimum Gasteiger partial charge on any atom is -0.367 e. The van der Waals surface area contributed by atoms with E-state index in [0.29, 0.717) is 0 Å². The molecule has 2 fully saturated rings. The van der Waals surface area contributed by atoms with Crippen LogP contribution in [0.25, 0.3) is 0 Å². The number of anilines is 1. The van der Waals surface area contributed by atoms with Crippen molar-refractivity contribution in [3.63, 3.8) is 0 Å². The summed E-state index contributed by atoms with van der Waals surface area (Å²) in [5.41, 5.74) is 6.20. The number of nitrogens with two attached hydrogens (primary N) is 2. The summed E-state index contributed by atoms with van der Waals surface area (Å²) >= 11 is 0. The average Bonchev–Trinajstić information content (AvgIpc) is 3.21. The third-order valence-corrected chi connectivity index (χ3v) is 5.28. The molecule has 1 aliphatic heterocycles. The van der Waals surface area contributed by atoms with Gasteiger partial charge in [-0.25, -0.2) is 4.98 Å². The second kappa shape index (κ2) is 5.50. The van der Waals surface area contributed by atoms with E-state index < -0.39 is 46.6 Å². The van der Waals surface area contributed by atoms with Crippen molar-refractivity contribution in [1.29, 1.82) is 0 Å². The first-order valence-corrected chi connectivity index (χ1v) is 7.91. The summed E-state index contributed by atoms with van der Waals surface area (Å²) in [6, 6.07) is 3.23. The van der Waals surface area contributed by atoms with Crippen LogP contribution >= 0.6 is 0 Å². The first-order valence-electron chi connectivity index (χ1n) is 7.91. The van der Waals surface area contributed by atoms with Gasteiger partial charge in [-0.2, -0.15) is 13.2 Å². The smallest absolute Gasteiger partial charge is 0.367 e. The van der Waals surface area contributed by atoms with Crippen molar-refractivity contribution in [2.24, 2.45) is 22.8 Å². The zero-order valence-corrected chi connectivity index (χ0v) is 13.8. The Morgan fingerprint density at radius 2 is 2.00 bits per heavy atom. The Morgan fingerprint density at radius 3 is 2.46 bits per heavy atom. The molecule has 4 N–H and O–H groups in total. The predicted octanol–water partition coefficient (Wildman–Crippen LogP) is 0.180. The molecule has 0 radical (unpaired) electrons. The number of carbonyl (C=O) groups excluding carboxylic acids is 3. The number of halogens is 3. The molecule has 1 saturated heterocycles. The minimum atomic E-state index is -5.37. The van der Waals surface area contributed by atoms with Gasteiger partial charge < -0.3 is 16.4 Å². The molecule has 1 aromatic rings. The number of amides is 1. The number of carbonyl (C=O) groups is 3. The van der Waals surface area contributed by atoms with Crippen LogP contribution in [0.2, 0.25) is 0 Å². The topological polar surface area (TPSA) is 119 Å². The van der Waals surface area contributed by atoms with E-state index in [1.165, 1.54) is 31.3 Å². The van der Waals surface area contributed by atoms with Crippen molar-refractivity contribution < 1.29 is 27.6 Å². The highest BCUT2D eigenvalue weighted by Crippen LogP contribution is 2.68. The van der Waals surface area contributed by atoms with Gasteiger partial charge in [0.25, 0.3) is 11.7 Å². The van der Waals surface area contributed by atoms with Gasteiger partial charge in [-0.05, 0) is 31.4 Å². The summed E-state index contributed by atoms with van der Waals surface area (Å²) in [6.45, 7) is 1.18.